The van der Waals surface area contributed by atoms with Gasteiger partial charge in [-0.15, -0.1) is 0 Å². The highest BCUT2D eigenvalue weighted by molar-refractivity contribution is 5.90. The number of hydrogen-bond acceptors (Lipinski definition) is 6. The number of carbonyl (C=O) groups excluding carboxylic acids is 1. The van der Waals surface area contributed by atoms with Gasteiger partial charge in [-0.1, -0.05) is 0 Å². The maximum Gasteiger partial charge on any atom is 0.291 e. The van der Waals surface area contributed by atoms with E-state index >= 15 is 0 Å². The smallest absolute Gasteiger partial charge is 0.291 e. The third-order valence-electron chi connectivity index (χ3n) is 5.78. The predicted octanol–water partition coefficient (Wildman–Crippen LogP) is 1.78. The molecule has 1 N–H and O–H groups in total. The monoisotopic (exact) mass is 375 g/mol. The molecule has 1 amide bonds. The number of amides is 1. The van der Waals surface area contributed by atoms with Gasteiger partial charge in [-0.3, -0.25) is 4.79 Å². The molecule has 2 saturated heterocycles. The van der Waals surface area contributed by atoms with Gasteiger partial charge in [0.1, 0.15) is 5.82 Å². The molecule has 0 aromatic carbocycles. The van der Waals surface area contributed by atoms with Crippen LogP contribution in [0.4, 0.5) is 5.82 Å². The van der Waals surface area contributed by atoms with E-state index in [2.05, 4.69) is 20.2 Å². The van der Waals surface area contributed by atoms with E-state index in [-0.39, 0.29) is 11.7 Å². The van der Waals surface area contributed by atoms with E-state index in [0.29, 0.717) is 6.04 Å². The normalized spacial score (nSPS) is 20.9. The number of anilines is 1. The number of hydrogen-bond donors (Lipinski definition) is 1. The van der Waals surface area contributed by atoms with Crippen LogP contribution in [0.1, 0.15) is 47.6 Å². The Morgan fingerprint density at radius 3 is 2.67 bits per heavy atom. The third kappa shape index (κ3) is 4.96. The minimum atomic E-state index is -0.148. The molecule has 0 bridgehead atoms. The first-order valence-corrected chi connectivity index (χ1v) is 10.1. The van der Waals surface area contributed by atoms with E-state index in [1.165, 1.54) is 24.2 Å². The third-order valence-corrected chi connectivity index (χ3v) is 5.78. The van der Waals surface area contributed by atoms with Crippen LogP contribution in [0.5, 0.6) is 0 Å². The van der Waals surface area contributed by atoms with Crippen LogP contribution in [0.15, 0.2) is 0 Å². The lowest BCUT2D eigenvalue weighted by molar-refractivity contribution is 0.0638. The average molecular weight is 376 g/mol. The number of aryl methyl sites for hydroxylation is 1. The molecule has 3 heterocycles. The Morgan fingerprint density at radius 1 is 1.22 bits per heavy atom. The fourth-order valence-corrected chi connectivity index (χ4v) is 3.86. The van der Waals surface area contributed by atoms with Crippen LogP contribution in [-0.4, -0.2) is 73.8 Å². The van der Waals surface area contributed by atoms with Crippen molar-refractivity contribution >= 4 is 11.7 Å². The Hall–Kier alpha value is -1.73. The van der Waals surface area contributed by atoms with Gasteiger partial charge < -0.3 is 19.9 Å². The van der Waals surface area contributed by atoms with Crippen LogP contribution in [-0.2, 0) is 4.74 Å². The first-order valence-electron chi connectivity index (χ1n) is 10.1. The number of carbonyl (C=O) groups is 1. The van der Waals surface area contributed by atoms with E-state index < -0.39 is 0 Å². The Kier molecular flexibility index (Phi) is 6.65. The Bertz CT molecular complexity index is 658. The van der Waals surface area contributed by atoms with Gasteiger partial charge in [0.25, 0.3) is 5.91 Å². The van der Waals surface area contributed by atoms with Gasteiger partial charge in [-0.25, -0.2) is 9.97 Å². The fourth-order valence-electron chi connectivity index (χ4n) is 3.86. The zero-order chi connectivity index (χ0) is 19.4. The van der Waals surface area contributed by atoms with Crippen molar-refractivity contribution < 1.29 is 9.53 Å². The molecule has 7 heteroatoms. The molecule has 1 aromatic heterocycles. The summed E-state index contributed by atoms with van der Waals surface area (Å²) >= 11 is 0. The Labute approximate surface area is 162 Å². The molecule has 0 saturated carbocycles. The van der Waals surface area contributed by atoms with Gasteiger partial charge in [-0.2, -0.15) is 0 Å². The largest absolute Gasteiger partial charge is 0.381 e. The molecule has 2 aliphatic heterocycles. The summed E-state index contributed by atoms with van der Waals surface area (Å²) in [6, 6.07) is 0.479. The SMILES string of the molecule is Cc1nc(C(=O)N(C)C)nc(N2CC[C@@H](NCCC3CCOCC3)C2)c1C. The summed E-state index contributed by atoms with van der Waals surface area (Å²) < 4.78 is 5.44. The molecule has 0 spiro atoms. The van der Waals surface area contributed by atoms with Crippen molar-refractivity contribution in [2.75, 3.05) is 51.8 Å². The summed E-state index contributed by atoms with van der Waals surface area (Å²) in [6.45, 7) is 8.79. The molecule has 0 radical (unpaired) electrons. The summed E-state index contributed by atoms with van der Waals surface area (Å²) in [5.41, 5.74) is 1.94. The van der Waals surface area contributed by atoms with E-state index in [4.69, 9.17) is 4.74 Å². The van der Waals surface area contributed by atoms with Gasteiger partial charge in [-0.05, 0) is 52.0 Å². The number of nitrogens with zero attached hydrogens (tertiary/aromatic N) is 4. The summed E-state index contributed by atoms with van der Waals surface area (Å²) in [7, 11) is 3.46. The van der Waals surface area contributed by atoms with Crippen LogP contribution in [0.3, 0.4) is 0 Å². The second kappa shape index (κ2) is 8.97. The first-order chi connectivity index (χ1) is 13.0. The van der Waals surface area contributed by atoms with Crippen molar-refractivity contribution in [2.45, 2.75) is 45.6 Å². The summed E-state index contributed by atoms with van der Waals surface area (Å²) in [5, 5.41) is 3.72. The summed E-state index contributed by atoms with van der Waals surface area (Å²) in [5.74, 6) is 1.84. The molecule has 150 valence electrons. The van der Waals surface area contributed by atoms with Crippen molar-refractivity contribution in [3.63, 3.8) is 0 Å². The van der Waals surface area contributed by atoms with Gasteiger partial charge in [0, 0.05) is 57.7 Å². The van der Waals surface area contributed by atoms with E-state index in [1.807, 2.05) is 13.8 Å². The Balaban J connectivity index is 1.58. The van der Waals surface area contributed by atoms with Gasteiger partial charge >= 0.3 is 0 Å². The van der Waals surface area contributed by atoms with Crippen molar-refractivity contribution in [3.05, 3.63) is 17.1 Å². The molecule has 2 fully saturated rings. The summed E-state index contributed by atoms with van der Waals surface area (Å²) in [6.07, 6.45) is 4.72. The Morgan fingerprint density at radius 2 is 1.96 bits per heavy atom. The van der Waals surface area contributed by atoms with Crippen molar-refractivity contribution in [3.8, 4) is 0 Å². The lowest BCUT2D eigenvalue weighted by Gasteiger charge is -2.24. The molecule has 2 aliphatic rings. The molecule has 1 aromatic rings. The molecule has 27 heavy (non-hydrogen) atoms. The number of aromatic nitrogens is 2. The van der Waals surface area contributed by atoms with Crippen LogP contribution in [0.25, 0.3) is 0 Å². The molecule has 0 aliphatic carbocycles. The van der Waals surface area contributed by atoms with Crippen LogP contribution in [0, 0.1) is 19.8 Å². The van der Waals surface area contributed by atoms with E-state index in [0.717, 1.165) is 62.3 Å². The predicted molar refractivity (Wildman–Crippen MR) is 106 cm³/mol. The zero-order valence-electron chi connectivity index (χ0n) is 17.1. The van der Waals surface area contributed by atoms with Crippen molar-refractivity contribution in [1.82, 2.24) is 20.2 Å². The maximum absolute atomic E-state index is 12.3. The first kappa shape index (κ1) is 20.0. The molecule has 0 unspecified atom stereocenters. The minimum Gasteiger partial charge on any atom is -0.381 e. The second-order valence-corrected chi connectivity index (χ2v) is 8.01. The molecular weight excluding hydrogens is 342 g/mol. The molecule has 1 atom stereocenters. The summed E-state index contributed by atoms with van der Waals surface area (Å²) in [4.78, 5) is 25.1. The van der Waals surface area contributed by atoms with Gasteiger partial charge in [0.2, 0.25) is 5.82 Å². The quantitative estimate of drug-likeness (QED) is 0.817. The lowest BCUT2D eigenvalue weighted by atomic mass is 9.96. The minimum absolute atomic E-state index is 0.148. The van der Waals surface area contributed by atoms with E-state index in [9.17, 15) is 4.79 Å². The van der Waals surface area contributed by atoms with Crippen LogP contribution in [0.2, 0.25) is 0 Å². The molecular formula is C20H33N5O2. The number of ether oxygens (including phenoxy) is 1. The number of nitrogens with one attached hydrogen (secondary N) is 1. The van der Waals surface area contributed by atoms with Crippen LogP contribution < -0.4 is 10.2 Å². The second-order valence-electron chi connectivity index (χ2n) is 8.01. The highest BCUT2D eigenvalue weighted by Gasteiger charge is 2.27. The topological polar surface area (TPSA) is 70.6 Å². The van der Waals surface area contributed by atoms with E-state index in [1.54, 1.807) is 14.1 Å². The fraction of sp³-hybridized carbons (Fsp3) is 0.750. The zero-order valence-corrected chi connectivity index (χ0v) is 17.1. The van der Waals surface area contributed by atoms with Crippen molar-refractivity contribution in [1.29, 1.82) is 0 Å². The average Bonchev–Trinajstić information content (AvgIpc) is 3.12. The van der Waals surface area contributed by atoms with Crippen LogP contribution >= 0.6 is 0 Å². The maximum atomic E-state index is 12.3. The van der Waals surface area contributed by atoms with Gasteiger partial charge in [0.05, 0.1) is 0 Å². The molecule has 3 rings (SSSR count). The van der Waals surface area contributed by atoms with Gasteiger partial charge in [0.15, 0.2) is 0 Å². The highest BCUT2D eigenvalue weighted by atomic mass is 16.5. The standard InChI is InChI=1S/C20H33N5O2/c1-14-15(2)22-18(20(26)24(3)4)23-19(14)25-10-6-17(13-25)21-9-5-16-7-11-27-12-8-16/h16-17,21H,5-13H2,1-4H3/t17-/m1/s1. The number of rotatable bonds is 6. The van der Waals surface area contributed by atoms with Crippen molar-refractivity contribution in [2.24, 2.45) is 5.92 Å². The molecule has 7 nitrogen and oxygen atoms in total. The lowest BCUT2D eigenvalue weighted by Crippen LogP contribution is -2.35. The highest BCUT2D eigenvalue weighted by Crippen LogP contribution is 2.24.